The molecule has 0 spiro atoms. The lowest BCUT2D eigenvalue weighted by atomic mass is 10.3. The molecule has 1 aromatic rings. The highest BCUT2D eigenvalue weighted by molar-refractivity contribution is 7.85. The number of nitrogens with two attached hydrogens (primary N) is 1. The predicted molar refractivity (Wildman–Crippen MR) is 52.3 cm³/mol. The topological polar surface area (TPSA) is 43.1 Å². The van der Waals surface area contributed by atoms with Crippen LogP contribution >= 0.6 is 0 Å². The SMILES string of the molecule is C=CCS(=O)c1ccccc1N. The van der Waals surface area contributed by atoms with Crippen molar-refractivity contribution in [3.63, 3.8) is 0 Å². The maximum Gasteiger partial charge on any atom is 0.0620 e. The fourth-order valence-corrected chi connectivity index (χ4v) is 1.84. The molecule has 0 heterocycles. The zero-order chi connectivity index (χ0) is 8.97. The van der Waals surface area contributed by atoms with Gasteiger partial charge in [-0.1, -0.05) is 18.2 Å². The number of nitrogen functional groups attached to an aromatic ring is 1. The van der Waals surface area contributed by atoms with Crippen LogP contribution in [-0.2, 0) is 10.8 Å². The summed E-state index contributed by atoms with van der Waals surface area (Å²) in [6, 6.07) is 7.17. The second-order valence-corrected chi connectivity index (χ2v) is 3.80. The molecule has 0 saturated carbocycles. The van der Waals surface area contributed by atoms with E-state index in [-0.39, 0.29) is 0 Å². The molecule has 0 radical (unpaired) electrons. The van der Waals surface area contributed by atoms with Crippen molar-refractivity contribution in [2.45, 2.75) is 4.90 Å². The van der Waals surface area contributed by atoms with Gasteiger partial charge in [0.1, 0.15) is 0 Å². The highest BCUT2D eigenvalue weighted by Gasteiger charge is 2.03. The molecule has 0 bridgehead atoms. The molecule has 0 amide bonds. The third-order valence-corrected chi connectivity index (χ3v) is 2.83. The van der Waals surface area contributed by atoms with E-state index in [1.165, 1.54) is 0 Å². The van der Waals surface area contributed by atoms with Gasteiger partial charge in [-0.3, -0.25) is 4.21 Å². The Labute approximate surface area is 74.6 Å². The van der Waals surface area contributed by atoms with E-state index >= 15 is 0 Å². The highest BCUT2D eigenvalue weighted by Crippen LogP contribution is 2.15. The summed E-state index contributed by atoms with van der Waals surface area (Å²) in [6.45, 7) is 3.52. The van der Waals surface area contributed by atoms with Gasteiger partial charge in [0.05, 0.1) is 15.7 Å². The van der Waals surface area contributed by atoms with E-state index in [1.54, 1.807) is 18.2 Å². The van der Waals surface area contributed by atoms with E-state index in [4.69, 9.17) is 5.73 Å². The number of hydrogen-bond donors (Lipinski definition) is 1. The molecular formula is C9H11NOS. The summed E-state index contributed by atoms with van der Waals surface area (Å²) in [5.74, 6) is 0.453. The summed E-state index contributed by atoms with van der Waals surface area (Å²) in [5.41, 5.74) is 6.21. The Morgan fingerprint density at radius 2 is 2.17 bits per heavy atom. The number of anilines is 1. The van der Waals surface area contributed by atoms with Gasteiger partial charge in [-0.05, 0) is 12.1 Å². The van der Waals surface area contributed by atoms with Crippen molar-refractivity contribution in [3.8, 4) is 0 Å². The smallest absolute Gasteiger partial charge is 0.0620 e. The third-order valence-electron chi connectivity index (χ3n) is 1.43. The maximum absolute atomic E-state index is 11.4. The van der Waals surface area contributed by atoms with E-state index in [2.05, 4.69) is 6.58 Å². The summed E-state index contributed by atoms with van der Waals surface area (Å²) in [6.07, 6.45) is 1.63. The van der Waals surface area contributed by atoms with Crippen LogP contribution in [-0.4, -0.2) is 9.96 Å². The van der Waals surface area contributed by atoms with Crippen molar-refractivity contribution in [3.05, 3.63) is 36.9 Å². The number of para-hydroxylation sites is 1. The molecule has 1 aromatic carbocycles. The average molecular weight is 181 g/mol. The first-order valence-electron chi connectivity index (χ1n) is 3.59. The Balaban J connectivity index is 2.94. The van der Waals surface area contributed by atoms with E-state index in [0.717, 1.165) is 0 Å². The standard InChI is InChI=1S/C9H11NOS/c1-2-7-12(11)9-6-4-3-5-8(9)10/h2-6H,1,7,10H2. The first-order chi connectivity index (χ1) is 5.75. The van der Waals surface area contributed by atoms with Crippen molar-refractivity contribution in [1.29, 1.82) is 0 Å². The molecular weight excluding hydrogens is 170 g/mol. The molecule has 0 fully saturated rings. The zero-order valence-corrected chi connectivity index (χ0v) is 7.51. The number of hydrogen-bond acceptors (Lipinski definition) is 2. The van der Waals surface area contributed by atoms with Gasteiger partial charge in [-0.2, -0.15) is 0 Å². The highest BCUT2D eigenvalue weighted by atomic mass is 32.2. The van der Waals surface area contributed by atoms with Gasteiger partial charge in [0.2, 0.25) is 0 Å². The third kappa shape index (κ3) is 1.95. The van der Waals surface area contributed by atoms with Gasteiger partial charge in [0, 0.05) is 11.4 Å². The minimum atomic E-state index is -1.04. The number of rotatable bonds is 3. The average Bonchev–Trinajstić information content (AvgIpc) is 2.05. The Hall–Kier alpha value is -1.09. The van der Waals surface area contributed by atoms with Gasteiger partial charge in [0.25, 0.3) is 0 Å². The normalized spacial score (nSPS) is 12.3. The fourth-order valence-electron chi connectivity index (χ4n) is 0.885. The van der Waals surface area contributed by atoms with Crippen molar-refractivity contribution >= 4 is 16.5 Å². The molecule has 0 saturated heterocycles. The second kappa shape index (κ2) is 4.07. The van der Waals surface area contributed by atoms with Crippen LogP contribution in [0.25, 0.3) is 0 Å². The van der Waals surface area contributed by atoms with Crippen LogP contribution in [0.1, 0.15) is 0 Å². The van der Waals surface area contributed by atoms with Crippen molar-refractivity contribution in [1.82, 2.24) is 0 Å². The largest absolute Gasteiger partial charge is 0.398 e. The van der Waals surface area contributed by atoms with Gasteiger partial charge < -0.3 is 5.73 Å². The molecule has 0 aliphatic rings. The quantitative estimate of drug-likeness (QED) is 0.568. The summed E-state index contributed by atoms with van der Waals surface area (Å²) in [4.78, 5) is 0.692. The molecule has 2 nitrogen and oxygen atoms in total. The lowest BCUT2D eigenvalue weighted by Crippen LogP contribution is -1.99. The van der Waals surface area contributed by atoms with Crippen molar-refractivity contribution in [2.24, 2.45) is 0 Å². The summed E-state index contributed by atoms with van der Waals surface area (Å²) in [5, 5.41) is 0. The van der Waals surface area contributed by atoms with Crippen LogP contribution in [0.5, 0.6) is 0 Å². The van der Waals surface area contributed by atoms with Crippen LogP contribution in [0.3, 0.4) is 0 Å². The lowest BCUT2D eigenvalue weighted by Gasteiger charge is -2.01. The molecule has 0 aliphatic carbocycles. The number of benzene rings is 1. The molecule has 12 heavy (non-hydrogen) atoms. The summed E-state index contributed by atoms with van der Waals surface area (Å²) in [7, 11) is -1.04. The van der Waals surface area contributed by atoms with Gasteiger partial charge in [0.15, 0.2) is 0 Å². The molecule has 2 N–H and O–H groups in total. The summed E-state index contributed by atoms with van der Waals surface area (Å²) < 4.78 is 11.4. The molecule has 0 aliphatic heterocycles. The van der Waals surface area contributed by atoms with Gasteiger partial charge >= 0.3 is 0 Å². The molecule has 0 aromatic heterocycles. The Bertz CT molecular complexity index is 309. The zero-order valence-electron chi connectivity index (χ0n) is 6.69. The van der Waals surface area contributed by atoms with Crippen LogP contribution in [0.4, 0.5) is 5.69 Å². The minimum absolute atomic E-state index is 0.453. The molecule has 64 valence electrons. The maximum atomic E-state index is 11.4. The van der Waals surface area contributed by atoms with Crippen LogP contribution in [0, 0.1) is 0 Å². The van der Waals surface area contributed by atoms with Crippen LogP contribution in [0.15, 0.2) is 41.8 Å². The fraction of sp³-hybridized carbons (Fsp3) is 0.111. The monoisotopic (exact) mass is 181 g/mol. The van der Waals surface area contributed by atoms with E-state index in [9.17, 15) is 4.21 Å². The van der Waals surface area contributed by atoms with Crippen LogP contribution < -0.4 is 5.73 Å². The molecule has 3 heteroatoms. The Morgan fingerprint density at radius 1 is 1.50 bits per heavy atom. The van der Waals surface area contributed by atoms with Gasteiger partial charge in [-0.15, -0.1) is 6.58 Å². The van der Waals surface area contributed by atoms with Crippen molar-refractivity contribution < 1.29 is 4.21 Å². The first-order valence-corrected chi connectivity index (χ1v) is 4.91. The Kier molecular flexibility index (Phi) is 3.05. The first kappa shape index (κ1) is 9.00. The Morgan fingerprint density at radius 3 is 2.75 bits per heavy atom. The molecule has 1 rings (SSSR count). The second-order valence-electron chi connectivity index (χ2n) is 2.34. The van der Waals surface area contributed by atoms with E-state index in [1.807, 2.05) is 12.1 Å². The van der Waals surface area contributed by atoms with Crippen molar-refractivity contribution in [2.75, 3.05) is 11.5 Å². The molecule has 1 unspecified atom stereocenters. The van der Waals surface area contributed by atoms with Crippen LogP contribution in [0.2, 0.25) is 0 Å². The summed E-state index contributed by atoms with van der Waals surface area (Å²) >= 11 is 0. The minimum Gasteiger partial charge on any atom is -0.398 e. The van der Waals surface area contributed by atoms with Gasteiger partial charge in [-0.25, -0.2) is 0 Å². The molecule has 1 atom stereocenters. The van der Waals surface area contributed by atoms with E-state index in [0.29, 0.717) is 16.3 Å². The van der Waals surface area contributed by atoms with E-state index < -0.39 is 10.8 Å². The lowest BCUT2D eigenvalue weighted by molar-refractivity contribution is 0.685. The predicted octanol–water partition coefficient (Wildman–Crippen LogP) is 1.56.